The summed E-state index contributed by atoms with van der Waals surface area (Å²) in [7, 11) is 1.52. The molecule has 1 saturated heterocycles. The standard InChI is InChI=1S/C35H33FN4O4/c1-43-32-14-11-26(36)21-29(32)33(31-20-24-5-2-3-8-30(24)38-31)39-34(41)25-7-4-6-23(19-25)22-9-12-27(13-10-22)40-17-15-28(16-18-40)44-35(37)42/h2-14,19-21,28,33,38H,15-18H2,1H3,(H2,37,42)(H,39,41)/t33-/m1/s1. The van der Waals surface area contributed by atoms with Crippen LogP contribution in [0.5, 0.6) is 5.75 Å². The number of nitrogens with zero attached hydrogens (tertiary/aromatic N) is 1. The van der Waals surface area contributed by atoms with Gasteiger partial charge in [-0.1, -0.05) is 42.5 Å². The molecule has 0 saturated carbocycles. The maximum absolute atomic E-state index is 14.5. The SMILES string of the molecule is COc1ccc(F)cc1[C@@H](NC(=O)c1cccc(-c2ccc(N3CCC(OC(N)=O)CC3)cc2)c1)c1cc2ccccc2[nH]1. The second kappa shape index (κ2) is 12.5. The lowest BCUT2D eigenvalue weighted by Gasteiger charge is -2.33. The predicted octanol–water partition coefficient (Wildman–Crippen LogP) is 6.57. The van der Waals surface area contributed by atoms with Crippen LogP contribution in [0.3, 0.4) is 0 Å². The van der Waals surface area contributed by atoms with Crippen LogP contribution in [0.2, 0.25) is 0 Å². The fourth-order valence-corrected chi connectivity index (χ4v) is 5.82. The Morgan fingerprint density at radius 1 is 0.932 bits per heavy atom. The van der Waals surface area contributed by atoms with Crippen molar-refractivity contribution in [2.75, 3.05) is 25.1 Å². The Hall–Kier alpha value is -5.31. The van der Waals surface area contributed by atoms with Crippen LogP contribution in [0.1, 0.15) is 40.5 Å². The monoisotopic (exact) mass is 592 g/mol. The van der Waals surface area contributed by atoms with Gasteiger partial charge in [0.25, 0.3) is 5.91 Å². The number of anilines is 1. The van der Waals surface area contributed by atoms with E-state index in [4.69, 9.17) is 15.2 Å². The Balaban J connectivity index is 1.23. The number of amides is 2. The van der Waals surface area contributed by atoms with Crippen molar-refractivity contribution in [2.24, 2.45) is 5.73 Å². The summed E-state index contributed by atoms with van der Waals surface area (Å²) in [6.07, 6.45) is 0.575. The number of piperidine rings is 1. The molecule has 44 heavy (non-hydrogen) atoms. The fourth-order valence-electron chi connectivity index (χ4n) is 5.82. The van der Waals surface area contributed by atoms with Crippen LogP contribution in [0.15, 0.2) is 97.1 Å². The third-order valence-corrected chi connectivity index (χ3v) is 8.06. The molecule has 0 spiro atoms. The minimum absolute atomic E-state index is 0.144. The fraction of sp³-hybridized carbons (Fsp3) is 0.200. The van der Waals surface area contributed by atoms with Crippen LogP contribution < -0.4 is 20.7 Å². The average molecular weight is 593 g/mol. The minimum atomic E-state index is -0.731. The number of H-pyrrole nitrogens is 1. The number of carbonyl (C=O) groups excluding carboxylic acids is 2. The molecule has 5 aromatic rings. The molecular weight excluding hydrogens is 559 g/mol. The van der Waals surface area contributed by atoms with Gasteiger partial charge in [-0.2, -0.15) is 0 Å². The molecule has 1 fully saturated rings. The summed E-state index contributed by atoms with van der Waals surface area (Å²) in [5.74, 6) is -0.265. The van der Waals surface area contributed by atoms with Gasteiger partial charge in [-0.05, 0) is 71.1 Å². The Bertz CT molecular complexity index is 1760. The second-order valence-corrected chi connectivity index (χ2v) is 10.9. The van der Waals surface area contributed by atoms with Gasteiger partial charge in [0.05, 0.1) is 13.2 Å². The molecule has 4 N–H and O–H groups in total. The number of nitrogens with two attached hydrogens (primary N) is 1. The number of ether oxygens (including phenoxy) is 2. The zero-order chi connectivity index (χ0) is 30.6. The highest BCUT2D eigenvalue weighted by Crippen LogP contribution is 2.33. The first-order valence-corrected chi connectivity index (χ1v) is 14.5. The third-order valence-electron chi connectivity index (χ3n) is 8.06. The lowest BCUT2D eigenvalue weighted by molar-refractivity contribution is 0.0910. The van der Waals surface area contributed by atoms with Crippen LogP contribution in [0, 0.1) is 5.82 Å². The zero-order valence-electron chi connectivity index (χ0n) is 24.3. The van der Waals surface area contributed by atoms with E-state index >= 15 is 0 Å². The summed E-state index contributed by atoms with van der Waals surface area (Å²) < 4.78 is 25.2. The van der Waals surface area contributed by atoms with Gasteiger partial charge in [-0.25, -0.2) is 9.18 Å². The highest BCUT2D eigenvalue weighted by molar-refractivity contribution is 5.96. The lowest BCUT2D eigenvalue weighted by atomic mass is 9.99. The number of rotatable bonds is 8. The van der Waals surface area contributed by atoms with E-state index in [1.807, 2.05) is 60.7 Å². The van der Waals surface area contributed by atoms with Crippen molar-refractivity contribution in [1.29, 1.82) is 0 Å². The first-order chi connectivity index (χ1) is 21.4. The number of nitrogens with one attached hydrogen (secondary N) is 2. The van der Waals surface area contributed by atoms with Gasteiger partial charge in [0.15, 0.2) is 0 Å². The second-order valence-electron chi connectivity index (χ2n) is 10.9. The van der Waals surface area contributed by atoms with Gasteiger partial charge in [0.2, 0.25) is 0 Å². The van der Waals surface area contributed by atoms with Crippen LogP contribution >= 0.6 is 0 Å². The number of aromatic nitrogens is 1. The predicted molar refractivity (Wildman–Crippen MR) is 168 cm³/mol. The first-order valence-electron chi connectivity index (χ1n) is 14.5. The molecule has 1 aliphatic rings. The van der Waals surface area contributed by atoms with Crippen LogP contribution in [-0.2, 0) is 4.74 Å². The van der Waals surface area contributed by atoms with E-state index in [0.29, 0.717) is 22.6 Å². The molecule has 0 radical (unpaired) electrons. The summed E-state index contributed by atoms with van der Waals surface area (Å²) in [4.78, 5) is 30.4. The van der Waals surface area contributed by atoms with E-state index in [0.717, 1.165) is 53.6 Å². The number of hydrogen-bond acceptors (Lipinski definition) is 5. The van der Waals surface area contributed by atoms with E-state index in [9.17, 15) is 14.0 Å². The Morgan fingerprint density at radius 3 is 2.43 bits per heavy atom. The van der Waals surface area contributed by atoms with Gasteiger partial charge in [0, 0.05) is 54.0 Å². The van der Waals surface area contributed by atoms with Crippen molar-refractivity contribution in [3.63, 3.8) is 0 Å². The summed E-state index contributed by atoms with van der Waals surface area (Å²) in [5.41, 5.74) is 10.7. The van der Waals surface area contributed by atoms with Gasteiger partial charge in [-0.15, -0.1) is 0 Å². The quantitative estimate of drug-likeness (QED) is 0.189. The molecular formula is C35H33FN4O4. The Kier molecular flexibility index (Phi) is 8.18. The van der Waals surface area contributed by atoms with E-state index in [-0.39, 0.29) is 12.0 Å². The van der Waals surface area contributed by atoms with Crippen molar-refractivity contribution >= 4 is 28.6 Å². The smallest absolute Gasteiger partial charge is 0.404 e. The maximum atomic E-state index is 14.5. The zero-order valence-corrected chi connectivity index (χ0v) is 24.3. The maximum Gasteiger partial charge on any atom is 0.404 e. The summed E-state index contributed by atoms with van der Waals surface area (Å²) in [6, 6.07) is 28.9. The molecule has 1 aromatic heterocycles. The number of benzene rings is 4. The van der Waals surface area contributed by atoms with Crippen molar-refractivity contribution in [3.8, 4) is 16.9 Å². The highest BCUT2D eigenvalue weighted by atomic mass is 19.1. The molecule has 1 aliphatic heterocycles. The summed E-state index contributed by atoms with van der Waals surface area (Å²) >= 11 is 0. The molecule has 0 bridgehead atoms. The largest absolute Gasteiger partial charge is 0.496 e. The Labute approximate surface area is 254 Å². The van der Waals surface area contributed by atoms with E-state index in [1.165, 1.54) is 19.2 Å². The number of carbonyl (C=O) groups is 2. The normalized spacial score (nSPS) is 14.3. The topological polar surface area (TPSA) is 110 Å². The number of aromatic amines is 1. The number of hydrogen-bond donors (Lipinski definition) is 3. The Morgan fingerprint density at radius 2 is 1.70 bits per heavy atom. The molecule has 4 aromatic carbocycles. The van der Waals surface area contributed by atoms with Crippen LogP contribution in [-0.4, -0.2) is 43.3 Å². The first kappa shape index (κ1) is 28.8. The van der Waals surface area contributed by atoms with Crippen molar-refractivity contribution in [3.05, 3.63) is 120 Å². The molecule has 8 nitrogen and oxygen atoms in total. The molecule has 9 heteroatoms. The van der Waals surface area contributed by atoms with Crippen molar-refractivity contribution < 1.29 is 23.5 Å². The van der Waals surface area contributed by atoms with Crippen LogP contribution in [0.4, 0.5) is 14.9 Å². The molecule has 6 rings (SSSR count). The molecule has 224 valence electrons. The van der Waals surface area contributed by atoms with Gasteiger partial charge in [-0.3, -0.25) is 4.79 Å². The highest BCUT2D eigenvalue weighted by Gasteiger charge is 2.25. The van der Waals surface area contributed by atoms with Gasteiger partial charge < -0.3 is 30.4 Å². The molecule has 0 aliphatic carbocycles. The summed E-state index contributed by atoms with van der Waals surface area (Å²) in [6.45, 7) is 1.53. The third kappa shape index (κ3) is 6.22. The molecule has 1 atom stereocenters. The van der Waals surface area contributed by atoms with Crippen LogP contribution in [0.25, 0.3) is 22.0 Å². The number of primary amides is 1. The molecule has 2 heterocycles. The van der Waals surface area contributed by atoms with Crippen molar-refractivity contribution in [2.45, 2.75) is 25.0 Å². The summed E-state index contributed by atoms with van der Waals surface area (Å²) in [5, 5.41) is 4.09. The van der Waals surface area contributed by atoms with Gasteiger partial charge in [0.1, 0.15) is 17.7 Å². The average Bonchev–Trinajstić information content (AvgIpc) is 3.48. The number of fused-ring (bicyclic) bond motifs is 1. The number of para-hydroxylation sites is 1. The minimum Gasteiger partial charge on any atom is -0.496 e. The number of halogens is 1. The van der Waals surface area contributed by atoms with E-state index < -0.39 is 18.0 Å². The van der Waals surface area contributed by atoms with E-state index in [1.54, 1.807) is 12.1 Å². The molecule has 0 unspecified atom stereocenters. The van der Waals surface area contributed by atoms with Gasteiger partial charge >= 0.3 is 6.09 Å². The van der Waals surface area contributed by atoms with E-state index in [2.05, 4.69) is 27.3 Å². The molecule has 2 amide bonds. The number of methoxy groups -OCH3 is 1. The van der Waals surface area contributed by atoms with Crippen molar-refractivity contribution in [1.82, 2.24) is 10.3 Å². The lowest BCUT2D eigenvalue weighted by Crippen LogP contribution is -2.38.